The van der Waals surface area contributed by atoms with E-state index in [0.29, 0.717) is 12.2 Å². The maximum atomic E-state index is 11.8. The van der Waals surface area contributed by atoms with Gasteiger partial charge in [0.25, 0.3) is 0 Å². The summed E-state index contributed by atoms with van der Waals surface area (Å²) in [5.41, 5.74) is 0. The van der Waals surface area contributed by atoms with Crippen LogP contribution in [0.25, 0.3) is 0 Å². The van der Waals surface area contributed by atoms with Crippen molar-refractivity contribution in [3.8, 4) is 0 Å². The molecule has 0 radical (unpaired) electrons. The zero-order chi connectivity index (χ0) is 12.1. The molecule has 1 aliphatic heterocycles. The van der Waals surface area contributed by atoms with Gasteiger partial charge in [-0.25, -0.2) is 0 Å². The van der Waals surface area contributed by atoms with Crippen molar-refractivity contribution in [1.29, 1.82) is 0 Å². The van der Waals surface area contributed by atoms with Crippen molar-refractivity contribution in [1.82, 2.24) is 4.90 Å². The van der Waals surface area contributed by atoms with E-state index in [1.165, 1.54) is 25.8 Å². The van der Waals surface area contributed by atoms with E-state index in [9.17, 15) is 4.79 Å². The number of ketones is 1. The van der Waals surface area contributed by atoms with Gasteiger partial charge in [0.1, 0.15) is 0 Å². The maximum Gasteiger partial charge on any atom is 0.172 e. The van der Waals surface area contributed by atoms with Crippen LogP contribution >= 0.6 is 11.3 Å². The van der Waals surface area contributed by atoms with Crippen molar-refractivity contribution in [3.63, 3.8) is 0 Å². The molecule has 1 fully saturated rings. The molecule has 94 valence electrons. The molecule has 1 saturated heterocycles. The van der Waals surface area contributed by atoms with Crippen molar-refractivity contribution in [3.05, 3.63) is 22.4 Å². The quantitative estimate of drug-likeness (QED) is 0.720. The van der Waals surface area contributed by atoms with Gasteiger partial charge in [0.2, 0.25) is 0 Å². The van der Waals surface area contributed by atoms with Crippen LogP contribution in [-0.4, -0.2) is 29.8 Å². The summed E-state index contributed by atoms with van der Waals surface area (Å²) in [5.74, 6) is 0.312. The first-order valence-electron chi connectivity index (χ1n) is 6.62. The fourth-order valence-electron chi connectivity index (χ4n) is 2.65. The Morgan fingerprint density at radius 3 is 3.18 bits per heavy atom. The van der Waals surface area contributed by atoms with Gasteiger partial charge in [-0.1, -0.05) is 13.0 Å². The summed E-state index contributed by atoms with van der Waals surface area (Å²) in [5, 5.41) is 1.97. The van der Waals surface area contributed by atoms with Gasteiger partial charge in [-0.05, 0) is 50.2 Å². The van der Waals surface area contributed by atoms with Gasteiger partial charge in [-0.3, -0.25) is 4.79 Å². The minimum Gasteiger partial charge on any atom is -0.300 e. The normalized spacial score (nSPS) is 20.9. The molecule has 0 amide bonds. The van der Waals surface area contributed by atoms with Crippen LogP contribution in [-0.2, 0) is 0 Å². The number of hydrogen-bond donors (Lipinski definition) is 0. The molecule has 1 aromatic rings. The maximum absolute atomic E-state index is 11.8. The molecule has 0 bridgehead atoms. The Kier molecular flexibility index (Phi) is 4.75. The van der Waals surface area contributed by atoms with Crippen molar-refractivity contribution >= 4 is 17.1 Å². The van der Waals surface area contributed by atoms with Crippen LogP contribution in [0.5, 0.6) is 0 Å². The molecule has 1 atom stereocenters. The lowest BCUT2D eigenvalue weighted by Crippen LogP contribution is -2.30. The summed E-state index contributed by atoms with van der Waals surface area (Å²) < 4.78 is 0. The zero-order valence-electron chi connectivity index (χ0n) is 10.5. The van der Waals surface area contributed by atoms with Crippen molar-refractivity contribution in [2.24, 2.45) is 0 Å². The fraction of sp³-hybridized carbons (Fsp3) is 0.643. The van der Waals surface area contributed by atoms with E-state index in [2.05, 4.69) is 11.8 Å². The molecule has 0 N–H and O–H groups in total. The molecule has 0 spiro atoms. The van der Waals surface area contributed by atoms with Crippen LogP contribution < -0.4 is 0 Å². The van der Waals surface area contributed by atoms with E-state index >= 15 is 0 Å². The average Bonchev–Trinajstić information content (AvgIpc) is 2.99. The largest absolute Gasteiger partial charge is 0.300 e. The SMILES string of the molecule is CCC1CCCN1CCCC(=O)c1cccs1. The molecule has 0 saturated carbocycles. The Balaban J connectivity index is 1.71. The van der Waals surface area contributed by atoms with Gasteiger partial charge < -0.3 is 4.90 Å². The third kappa shape index (κ3) is 3.39. The Hall–Kier alpha value is -0.670. The van der Waals surface area contributed by atoms with Gasteiger partial charge in [0, 0.05) is 12.5 Å². The number of carbonyl (C=O) groups excluding carboxylic acids is 1. The Labute approximate surface area is 108 Å². The monoisotopic (exact) mass is 251 g/mol. The first kappa shape index (κ1) is 12.8. The highest BCUT2D eigenvalue weighted by atomic mass is 32.1. The number of likely N-dealkylation sites (tertiary alicyclic amines) is 1. The van der Waals surface area contributed by atoms with Gasteiger partial charge in [0.15, 0.2) is 5.78 Å². The Morgan fingerprint density at radius 1 is 1.59 bits per heavy atom. The molecular weight excluding hydrogens is 230 g/mol. The van der Waals surface area contributed by atoms with E-state index in [4.69, 9.17) is 0 Å². The molecule has 2 nitrogen and oxygen atoms in total. The van der Waals surface area contributed by atoms with Crippen molar-refractivity contribution in [2.45, 2.75) is 45.1 Å². The summed E-state index contributed by atoms with van der Waals surface area (Å²) in [4.78, 5) is 15.3. The molecular formula is C14H21NOS. The van der Waals surface area contributed by atoms with E-state index in [0.717, 1.165) is 23.9 Å². The summed E-state index contributed by atoms with van der Waals surface area (Å²) in [6, 6.07) is 4.65. The second kappa shape index (κ2) is 6.31. The minimum absolute atomic E-state index is 0.312. The number of thiophene rings is 1. The van der Waals surface area contributed by atoms with Crippen LogP contribution in [0, 0.1) is 0 Å². The highest BCUT2D eigenvalue weighted by molar-refractivity contribution is 7.12. The molecule has 17 heavy (non-hydrogen) atoms. The summed E-state index contributed by atoms with van der Waals surface area (Å²) in [6.45, 7) is 4.58. The number of nitrogens with zero attached hydrogens (tertiary/aromatic N) is 1. The lowest BCUT2D eigenvalue weighted by molar-refractivity contribution is 0.0977. The highest BCUT2D eigenvalue weighted by Crippen LogP contribution is 2.20. The first-order valence-corrected chi connectivity index (χ1v) is 7.50. The molecule has 1 aromatic heterocycles. The van der Waals surface area contributed by atoms with E-state index in [1.54, 1.807) is 11.3 Å². The predicted octanol–water partition coefficient (Wildman–Crippen LogP) is 3.59. The van der Waals surface area contributed by atoms with E-state index in [-0.39, 0.29) is 0 Å². The third-order valence-electron chi connectivity index (χ3n) is 3.62. The Morgan fingerprint density at radius 2 is 2.47 bits per heavy atom. The van der Waals surface area contributed by atoms with Crippen LogP contribution in [0.15, 0.2) is 17.5 Å². The molecule has 2 rings (SSSR count). The van der Waals surface area contributed by atoms with Crippen LogP contribution in [0.2, 0.25) is 0 Å². The molecule has 1 aliphatic rings. The van der Waals surface area contributed by atoms with Crippen LogP contribution in [0.1, 0.15) is 48.7 Å². The van der Waals surface area contributed by atoms with Gasteiger partial charge in [-0.2, -0.15) is 0 Å². The highest BCUT2D eigenvalue weighted by Gasteiger charge is 2.22. The zero-order valence-corrected chi connectivity index (χ0v) is 11.3. The van der Waals surface area contributed by atoms with Crippen LogP contribution in [0.4, 0.5) is 0 Å². The first-order chi connectivity index (χ1) is 8.31. The smallest absolute Gasteiger partial charge is 0.172 e. The topological polar surface area (TPSA) is 20.3 Å². The lowest BCUT2D eigenvalue weighted by Gasteiger charge is -2.22. The Bertz CT molecular complexity index is 347. The van der Waals surface area contributed by atoms with E-state index < -0.39 is 0 Å². The van der Waals surface area contributed by atoms with Gasteiger partial charge >= 0.3 is 0 Å². The van der Waals surface area contributed by atoms with Crippen molar-refractivity contribution < 1.29 is 4.79 Å². The fourth-order valence-corrected chi connectivity index (χ4v) is 3.35. The third-order valence-corrected chi connectivity index (χ3v) is 4.53. The second-order valence-corrected chi connectivity index (χ2v) is 5.69. The standard InChI is InChI=1S/C14H21NOS/c1-2-12-6-3-9-15(12)10-4-7-13(16)14-8-5-11-17-14/h5,8,11-12H,2-4,6-7,9-10H2,1H3. The van der Waals surface area contributed by atoms with Gasteiger partial charge in [-0.15, -0.1) is 11.3 Å². The molecule has 2 heterocycles. The van der Waals surface area contributed by atoms with Crippen LogP contribution in [0.3, 0.4) is 0 Å². The molecule has 0 aliphatic carbocycles. The summed E-state index contributed by atoms with van der Waals surface area (Å²) in [6.07, 6.45) is 5.63. The molecule has 0 aromatic carbocycles. The number of carbonyl (C=O) groups is 1. The molecule has 3 heteroatoms. The van der Waals surface area contributed by atoms with E-state index in [1.807, 2.05) is 17.5 Å². The number of hydrogen-bond acceptors (Lipinski definition) is 3. The summed E-state index contributed by atoms with van der Waals surface area (Å²) >= 11 is 1.56. The van der Waals surface area contributed by atoms with Gasteiger partial charge in [0.05, 0.1) is 4.88 Å². The lowest BCUT2D eigenvalue weighted by atomic mass is 10.1. The summed E-state index contributed by atoms with van der Waals surface area (Å²) in [7, 11) is 0. The predicted molar refractivity (Wildman–Crippen MR) is 72.8 cm³/mol. The second-order valence-electron chi connectivity index (χ2n) is 4.74. The molecule has 1 unspecified atom stereocenters. The average molecular weight is 251 g/mol. The van der Waals surface area contributed by atoms with Crippen molar-refractivity contribution in [2.75, 3.05) is 13.1 Å². The minimum atomic E-state index is 0.312. The number of rotatable bonds is 6. The number of Topliss-reactive ketones (excluding diaryl/α,β-unsaturated/α-hetero) is 1.